The second-order valence-electron chi connectivity index (χ2n) is 8.39. The lowest BCUT2D eigenvalue weighted by atomic mass is 9.77. The van der Waals surface area contributed by atoms with Gasteiger partial charge >= 0.3 is 13.1 Å². The van der Waals surface area contributed by atoms with Crippen LogP contribution in [0.4, 0.5) is 17.5 Å². The lowest BCUT2D eigenvalue weighted by Crippen LogP contribution is -2.32. The Balaban J connectivity index is 1.62. The van der Waals surface area contributed by atoms with E-state index in [-0.39, 0.29) is 23.9 Å². The van der Waals surface area contributed by atoms with E-state index < -0.39 is 24.7 Å². The predicted octanol–water partition coefficient (Wildman–Crippen LogP) is 3.06. The van der Waals surface area contributed by atoms with Gasteiger partial charge < -0.3 is 30.2 Å². The molecule has 1 aliphatic rings. The highest BCUT2D eigenvalue weighted by atomic mass is 16.6. The number of fused-ring (bicyclic) bond motifs is 1. The molecule has 0 aliphatic carbocycles. The van der Waals surface area contributed by atoms with Crippen LogP contribution in [0.3, 0.4) is 0 Å². The molecule has 1 aliphatic heterocycles. The number of aromatic nitrogens is 2. The van der Waals surface area contributed by atoms with Crippen LogP contribution in [0.15, 0.2) is 54.7 Å². The third-order valence-corrected chi connectivity index (χ3v) is 5.65. The van der Waals surface area contributed by atoms with E-state index in [1.807, 2.05) is 69.3 Å². The van der Waals surface area contributed by atoms with Gasteiger partial charge in [-0.15, -0.1) is 0 Å². The number of anilines is 3. The van der Waals surface area contributed by atoms with E-state index in [1.54, 1.807) is 0 Å². The van der Waals surface area contributed by atoms with Crippen molar-refractivity contribution in [1.82, 2.24) is 9.97 Å². The molecule has 0 amide bonds. The summed E-state index contributed by atoms with van der Waals surface area (Å²) < 4.78 is 11.8. The Hall–Kier alpha value is -3.47. The molecule has 2 aromatic carbocycles. The van der Waals surface area contributed by atoms with Crippen LogP contribution in [-0.2, 0) is 14.9 Å². The maximum atomic E-state index is 11.8. The Morgan fingerprint density at radius 2 is 2.00 bits per heavy atom. The Morgan fingerprint density at radius 1 is 1.24 bits per heavy atom. The van der Waals surface area contributed by atoms with Crippen molar-refractivity contribution in [3.8, 4) is 0 Å². The summed E-state index contributed by atoms with van der Waals surface area (Å²) in [7, 11) is -0.417. The molecule has 0 unspecified atom stereocenters. The monoisotopic (exact) mass is 462 g/mol. The number of carbonyl (C=O) groups is 1. The molecule has 2 heterocycles. The number of aliphatic hydroxyl groups is 1. The molecule has 1 aromatic heterocycles. The fraction of sp³-hybridized carbons (Fsp3) is 0.292. The molecule has 3 aromatic rings. The minimum Gasteiger partial charge on any atom is -0.477 e. The summed E-state index contributed by atoms with van der Waals surface area (Å²) in [4.78, 5) is 20.3. The number of nitrogens with one attached hydrogen (secondary N) is 2. The third kappa shape index (κ3) is 4.89. The van der Waals surface area contributed by atoms with Gasteiger partial charge in [-0.05, 0) is 49.5 Å². The van der Waals surface area contributed by atoms with Gasteiger partial charge in [0.1, 0.15) is 11.4 Å². The van der Waals surface area contributed by atoms with Gasteiger partial charge in [0.15, 0.2) is 0 Å². The summed E-state index contributed by atoms with van der Waals surface area (Å²) in [5.41, 5.74) is 2.86. The topological polar surface area (TPSA) is 126 Å². The van der Waals surface area contributed by atoms with Crippen LogP contribution < -0.4 is 16.1 Å². The quantitative estimate of drug-likeness (QED) is 0.355. The highest BCUT2D eigenvalue weighted by molar-refractivity contribution is 6.63. The number of carboxylic acids is 1. The third-order valence-electron chi connectivity index (χ3n) is 5.65. The molecule has 0 radical (unpaired) electrons. The van der Waals surface area contributed by atoms with Crippen LogP contribution in [0.25, 0.3) is 0 Å². The molecule has 0 fully saturated rings. The lowest BCUT2D eigenvalue weighted by Gasteiger charge is -2.21. The molecule has 0 spiro atoms. The van der Waals surface area contributed by atoms with Crippen LogP contribution in [0.1, 0.15) is 48.3 Å². The molecule has 176 valence electrons. The second kappa shape index (κ2) is 9.80. The zero-order valence-electron chi connectivity index (χ0n) is 19.3. The van der Waals surface area contributed by atoms with Crippen LogP contribution in [-0.4, -0.2) is 46.5 Å². The van der Waals surface area contributed by atoms with Gasteiger partial charge in [0.25, 0.3) is 0 Å². The molecule has 1 atom stereocenters. The SMILES string of the molecule is CCOB1OC(C)(C)c2cc(Nc3ncc(C(=O)O)c(N[C@H](CO)c4ccccc4)n3)ccc21. The zero-order valence-corrected chi connectivity index (χ0v) is 19.3. The van der Waals surface area contributed by atoms with Crippen molar-refractivity contribution < 1.29 is 24.3 Å². The molecule has 4 rings (SSSR count). The number of carboxylic acid groups (broad SMARTS) is 1. The van der Waals surface area contributed by atoms with Crippen molar-refractivity contribution in [3.05, 3.63) is 71.4 Å². The summed E-state index contributed by atoms with van der Waals surface area (Å²) in [6, 6.07) is 14.5. The highest BCUT2D eigenvalue weighted by Gasteiger charge is 2.42. The number of nitrogens with zero attached hydrogens (tertiary/aromatic N) is 2. The van der Waals surface area contributed by atoms with E-state index in [2.05, 4.69) is 20.6 Å². The van der Waals surface area contributed by atoms with E-state index in [1.165, 1.54) is 6.20 Å². The first kappa shape index (κ1) is 23.7. The van der Waals surface area contributed by atoms with Crippen LogP contribution >= 0.6 is 0 Å². The Morgan fingerprint density at radius 3 is 2.68 bits per heavy atom. The van der Waals surface area contributed by atoms with Gasteiger partial charge in [-0.25, -0.2) is 9.78 Å². The second-order valence-corrected chi connectivity index (χ2v) is 8.39. The summed E-state index contributed by atoms with van der Waals surface area (Å²) in [6.45, 7) is 6.18. The minimum absolute atomic E-state index is 0.0945. The molecular formula is C24H27BN4O5. The van der Waals surface area contributed by atoms with Gasteiger partial charge in [0.2, 0.25) is 5.95 Å². The van der Waals surface area contributed by atoms with Crippen LogP contribution in [0.5, 0.6) is 0 Å². The van der Waals surface area contributed by atoms with Crippen LogP contribution in [0, 0.1) is 0 Å². The van der Waals surface area contributed by atoms with Crippen LogP contribution in [0.2, 0.25) is 0 Å². The number of hydrogen-bond acceptors (Lipinski definition) is 8. The van der Waals surface area contributed by atoms with Gasteiger partial charge in [-0.1, -0.05) is 36.4 Å². The van der Waals surface area contributed by atoms with Gasteiger partial charge in [-0.3, -0.25) is 0 Å². The Bertz CT molecular complexity index is 1180. The van der Waals surface area contributed by atoms with Crippen molar-refractivity contribution in [2.75, 3.05) is 23.8 Å². The minimum atomic E-state index is -1.17. The molecular weight excluding hydrogens is 435 g/mol. The normalized spacial score (nSPS) is 15.0. The van der Waals surface area contributed by atoms with E-state index in [9.17, 15) is 15.0 Å². The fourth-order valence-electron chi connectivity index (χ4n) is 3.95. The average Bonchev–Trinajstić information content (AvgIpc) is 3.07. The Labute approximate surface area is 198 Å². The number of benzene rings is 2. The maximum Gasteiger partial charge on any atom is 0.494 e. The van der Waals surface area contributed by atoms with Crippen molar-refractivity contribution in [2.24, 2.45) is 0 Å². The standard InChI is InChI=1S/C24H27BN4O5/c1-4-33-25-19-11-10-16(12-18(19)24(2,3)34-25)27-23-26-13-17(22(31)32)21(29-23)28-20(14-30)15-8-6-5-7-9-15/h5-13,20,30H,4,14H2,1-3H3,(H,31,32)(H2,26,27,28,29)/t20-/m1/s1. The summed E-state index contributed by atoms with van der Waals surface area (Å²) in [5.74, 6) is -0.846. The predicted molar refractivity (Wildman–Crippen MR) is 130 cm³/mol. The van der Waals surface area contributed by atoms with Crippen molar-refractivity contribution in [2.45, 2.75) is 32.4 Å². The zero-order chi connectivity index (χ0) is 24.3. The number of rotatable bonds is 9. The number of hydrogen-bond donors (Lipinski definition) is 4. The van der Waals surface area contributed by atoms with Crippen molar-refractivity contribution >= 4 is 36.0 Å². The van der Waals surface area contributed by atoms with E-state index >= 15 is 0 Å². The number of aliphatic hydroxyl groups excluding tert-OH is 1. The molecule has 0 saturated carbocycles. The summed E-state index contributed by atoms with van der Waals surface area (Å²) >= 11 is 0. The van der Waals surface area contributed by atoms with Gasteiger partial charge in [0.05, 0.1) is 18.2 Å². The molecule has 4 N–H and O–H groups in total. The molecule has 0 saturated heterocycles. The average molecular weight is 462 g/mol. The molecule has 34 heavy (non-hydrogen) atoms. The van der Waals surface area contributed by atoms with Gasteiger partial charge in [-0.2, -0.15) is 4.98 Å². The first-order valence-corrected chi connectivity index (χ1v) is 11.1. The maximum absolute atomic E-state index is 11.8. The summed E-state index contributed by atoms with van der Waals surface area (Å²) in [5, 5.41) is 25.7. The van der Waals surface area contributed by atoms with E-state index in [0.717, 1.165) is 22.3 Å². The first-order chi connectivity index (χ1) is 16.3. The smallest absolute Gasteiger partial charge is 0.477 e. The molecule has 0 bridgehead atoms. The lowest BCUT2D eigenvalue weighted by molar-refractivity contribution is 0.0696. The highest BCUT2D eigenvalue weighted by Crippen LogP contribution is 2.33. The largest absolute Gasteiger partial charge is 0.494 e. The number of aromatic carboxylic acids is 1. The fourth-order valence-corrected chi connectivity index (χ4v) is 3.95. The first-order valence-electron chi connectivity index (χ1n) is 11.1. The van der Waals surface area contributed by atoms with E-state index in [4.69, 9.17) is 9.31 Å². The van der Waals surface area contributed by atoms with Gasteiger partial charge in [0, 0.05) is 18.5 Å². The van der Waals surface area contributed by atoms with E-state index in [0.29, 0.717) is 6.61 Å². The summed E-state index contributed by atoms with van der Waals surface area (Å²) in [6.07, 6.45) is 1.24. The van der Waals surface area contributed by atoms with Crippen molar-refractivity contribution in [1.29, 1.82) is 0 Å². The molecule has 10 heteroatoms. The Kier molecular flexibility index (Phi) is 6.83. The molecule has 9 nitrogen and oxygen atoms in total. The van der Waals surface area contributed by atoms with Crippen molar-refractivity contribution in [3.63, 3.8) is 0 Å².